The summed E-state index contributed by atoms with van der Waals surface area (Å²) in [5, 5.41) is 0.314. The van der Waals surface area contributed by atoms with Crippen LogP contribution in [-0.2, 0) is 9.13 Å². The fraction of sp³-hybridized carbons (Fsp3) is 0. The van der Waals surface area contributed by atoms with Gasteiger partial charge >= 0.3 is 15.6 Å². The van der Waals surface area contributed by atoms with Gasteiger partial charge < -0.3 is 38.6 Å². The molecule has 0 bridgehead atoms. The zero-order valence-electron chi connectivity index (χ0n) is 16.3. The molecule has 18 heteroatoms. The van der Waals surface area contributed by atoms with E-state index in [2.05, 4.69) is 19.0 Å². The molecule has 0 spiro atoms. The SMILES string of the molecule is N.N.N.N.O=c1[nH]c(-c2ccc(OP(=O)(O)O)cc2OP(=O)(O)O)nc2ccc([125I])cc12. The van der Waals surface area contributed by atoms with Crippen molar-refractivity contribution >= 4 is 49.1 Å². The van der Waals surface area contributed by atoms with Crippen molar-refractivity contribution in [3.05, 3.63) is 50.3 Å². The van der Waals surface area contributed by atoms with Gasteiger partial charge in [-0.2, -0.15) is 0 Å². The van der Waals surface area contributed by atoms with Crippen molar-refractivity contribution in [1.29, 1.82) is 0 Å². The Hall–Kier alpha value is -1.95. The minimum absolute atomic E-state index is 0. The molecule has 0 fully saturated rings. The van der Waals surface area contributed by atoms with Gasteiger partial charge in [0.2, 0.25) is 0 Å². The Bertz CT molecular complexity index is 1230. The van der Waals surface area contributed by atoms with Gasteiger partial charge in [0.05, 0.1) is 16.5 Å². The number of hydrogen-bond acceptors (Lipinski definition) is 10. The summed E-state index contributed by atoms with van der Waals surface area (Å²) in [5.74, 6) is -0.963. The number of hydrogen-bond donors (Lipinski definition) is 9. The molecule has 0 aliphatic heterocycles. The highest BCUT2D eigenvalue weighted by Crippen LogP contribution is 2.45. The molecule has 15 nitrogen and oxygen atoms in total. The average Bonchev–Trinajstić information content (AvgIpc) is 2.52. The van der Waals surface area contributed by atoms with E-state index in [1.54, 1.807) is 18.2 Å². The molecule has 0 aliphatic rings. The molecule has 1 heterocycles. The van der Waals surface area contributed by atoms with Crippen molar-refractivity contribution in [3.8, 4) is 22.9 Å². The van der Waals surface area contributed by atoms with Crippen LogP contribution in [0.4, 0.5) is 0 Å². The third-order valence-corrected chi connectivity index (χ3v) is 4.87. The molecule has 0 aliphatic carbocycles. The highest BCUT2D eigenvalue weighted by Gasteiger charge is 2.23. The van der Waals surface area contributed by atoms with Crippen LogP contribution in [-0.4, -0.2) is 29.5 Å². The van der Waals surface area contributed by atoms with Crippen LogP contribution < -0.4 is 39.2 Å². The lowest BCUT2D eigenvalue weighted by molar-refractivity contribution is 0.280. The Balaban J connectivity index is 0. The predicted molar refractivity (Wildman–Crippen MR) is 126 cm³/mol. The van der Waals surface area contributed by atoms with Crippen molar-refractivity contribution in [2.45, 2.75) is 0 Å². The maximum atomic E-state index is 12.4. The number of halogens is 1. The molecule has 1 aromatic heterocycles. The van der Waals surface area contributed by atoms with Gasteiger partial charge in [0.1, 0.15) is 17.3 Å². The fourth-order valence-corrected chi connectivity index (χ4v) is 3.62. The molecule has 2 aromatic carbocycles. The van der Waals surface area contributed by atoms with Crippen molar-refractivity contribution in [1.82, 2.24) is 34.6 Å². The molecule has 3 aromatic rings. The lowest BCUT2D eigenvalue weighted by Crippen LogP contribution is -2.10. The Labute approximate surface area is 194 Å². The minimum atomic E-state index is -5.04. The van der Waals surface area contributed by atoms with Gasteiger partial charge in [-0.1, -0.05) is 0 Å². The average molecular weight is 606 g/mol. The van der Waals surface area contributed by atoms with Gasteiger partial charge in [-0.05, 0) is 52.9 Å². The number of fused-ring (bicyclic) bond motifs is 1. The lowest BCUT2D eigenvalue weighted by atomic mass is 10.1. The van der Waals surface area contributed by atoms with Gasteiger partial charge in [0, 0.05) is 9.64 Å². The third-order valence-electron chi connectivity index (χ3n) is 3.32. The first kappa shape index (κ1) is 32.2. The van der Waals surface area contributed by atoms with Crippen LogP contribution in [0.25, 0.3) is 22.3 Å². The highest BCUT2D eigenvalue weighted by atomic mass is 125. The molecular weight excluding hydrogens is 583 g/mol. The van der Waals surface area contributed by atoms with E-state index in [1.807, 2.05) is 22.6 Å². The van der Waals surface area contributed by atoms with Gasteiger partial charge in [-0.3, -0.25) is 24.4 Å². The second-order valence-corrected chi connectivity index (χ2v) is 8.97. The molecule has 0 saturated heterocycles. The Morgan fingerprint density at radius 1 is 0.875 bits per heavy atom. The van der Waals surface area contributed by atoms with Crippen LogP contribution >= 0.6 is 38.2 Å². The quantitative estimate of drug-likeness (QED) is 0.149. The van der Waals surface area contributed by atoms with E-state index < -0.39 is 32.7 Å². The Morgan fingerprint density at radius 2 is 1.47 bits per heavy atom. The van der Waals surface area contributed by atoms with Crippen LogP contribution in [0.2, 0.25) is 0 Å². The van der Waals surface area contributed by atoms with E-state index in [1.165, 1.54) is 6.07 Å². The van der Waals surface area contributed by atoms with E-state index in [4.69, 9.17) is 19.6 Å². The smallest absolute Gasteiger partial charge is 0.404 e. The van der Waals surface area contributed by atoms with Crippen LogP contribution in [0.3, 0.4) is 0 Å². The molecule has 180 valence electrons. The van der Waals surface area contributed by atoms with Crippen molar-refractivity contribution in [2.24, 2.45) is 0 Å². The van der Waals surface area contributed by atoms with Crippen molar-refractivity contribution in [2.75, 3.05) is 0 Å². The normalized spacial score (nSPS) is 10.7. The number of nitrogens with zero attached hydrogens (tertiary/aromatic N) is 1. The van der Waals surface area contributed by atoms with Gasteiger partial charge in [-0.15, -0.1) is 0 Å². The lowest BCUT2D eigenvalue weighted by Gasteiger charge is -2.14. The van der Waals surface area contributed by atoms with E-state index in [9.17, 15) is 13.9 Å². The number of H-pyrrole nitrogens is 1. The van der Waals surface area contributed by atoms with E-state index in [0.717, 1.165) is 15.7 Å². The van der Waals surface area contributed by atoms with E-state index in [-0.39, 0.29) is 36.0 Å². The van der Waals surface area contributed by atoms with Crippen LogP contribution in [0.15, 0.2) is 41.2 Å². The van der Waals surface area contributed by atoms with Crippen LogP contribution in [0, 0.1) is 3.57 Å². The zero-order valence-corrected chi connectivity index (χ0v) is 20.3. The summed E-state index contributed by atoms with van der Waals surface area (Å²) < 4.78 is 32.1. The van der Waals surface area contributed by atoms with E-state index in [0.29, 0.717) is 10.9 Å². The molecule has 32 heavy (non-hydrogen) atoms. The van der Waals surface area contributed by atoms with Crippen molar-refractivity contribution < 1.29 is 37.8 Å². The number of aromatic nitrogens is 2. The maximum absolute atomic E-state index is 12.4. The van der Waals surface area contributed by atoms with E-state index >= 15 is 0 Å². The second kappa shape index (κ2) is 11.8. The number of nitrogens with one attached hydrogen (secondary N) is 1. The van der Waals surface area contributed by atoms with Gasteiger partial charge in [0.25, 0.3) is 5.56 Å². The molecule has 0 atom stereocenters. The molecular formula is C14H23IN6O9P2. The number of phosphoric ester groups is 2. The first-order valence-electron chi connectivity index (χ1n) is 7.25. The summed E-state index contributed by atoms with van der Waals surface area (Å²) in [6.07, 6.45) is 0. The van der Waals surface area contributed by atoms with Crippen molar-refractivity contribution in [3.63, 3.8) is 0 Å². The van der Waals surface area contributed by atoms with Gasteiger partial charge in [-0.25, -0.2) is 14.1 Å². The topological polar surface area (TPSA) is 319 Å². The first-order valence-corrected chi connectivity index (χ1v) is 11.4. The summed E-state index contributed by atoms with van der Waals surface area (Å²) in [6.45, 7) is 0. The highest BCUT2D eigenvalue weighted by molar-refractivity contribution is 14.1. The largest absolute Gasteiger partial charge is 0.524 e. The molecule has 17 N–H and O–H groups in total. The number of phosphoric acid groups is 2. The monoisotopic (exact) mass is 606 g/mol. The summed E-state index contributed by atoms with van der Waals surface area (Å²) in [7, 11) is -9.96. The zero-order chi connectivity index (χ0) is 20.7. The maximum Gasteiger partial charge on any atom is 0.524 e. The number of benzene rings is 2. The first-order chi connectivity index (χ1) is 12.9. The summed E-state index contributed by atoms with van der Waals surface area (Å²) in [5.41, 5.74) is -0.188. The molecule has 0 radical (unpaired) electrons. The summed E-state index contributed by atoms with van der Waals surface area (Å²) >= 11 is 2.03. The third kappa shape index (κ3) is 8.19. The summed E-state index contributed by atoms with van der Waals surface area (Å²) in [6, 6.07) is 8.13. The van der Waals surface area contributed by atoms with Crippen LogP contribution in [0.5, 0.6) is 11.5 Å². The van der Waals surface area contributed by atoms with Gasteiger partial charge in [0.15, 0.2) is 0 Å². The van der Waals surface area contributed by atoms with Crippen LogP contribution in [0.1, 0.15) is 0 Å². The number of aromatic amines is 1. The fourth-order valence-electron chi connectivity index (χ4n) is 2.33. The number of rotatable bonds is 5. The standard InChI is InChI=1S/C14H11IN2O9P2.4H3N/c15-7-1-4-11-10(5-7)14(18)17-13(16-11)9-3-2-8(25-27(19,20)21)6-12(9)26-28(22,23)24;;;;/h1-6H,(H,16,17,18)(H2,19,20,21)(H2,22,23,24);4*1H3/i15-2;;;;. The molecule has 0 unspecified atom stereocenters. The molecule has 0 amide bonds. The predicted octanol–water partition coefficient (Wildman–Crippen LogP) is 2.79. The summed E-state index contributed by atoms with van der Waals surface area (Å²) in [4.78, 5) is 55.1. The Morgan fingerprint density at radius 3 is 2.03 bits per heavy atom. The minimum Gasteiger partial charge on any atom is -0.404 e. The Kier molecular flexibility index (Phi) is 11.9. The molecule has 3 rings (SSSR count). The second-order valence-electron chi connectivity index (χ2n) is 5.40. The molecule has 0 saturated carbocycles.